The molecule has 2 fully saturated rings. The predicted molar refractivity (Wildman–Crippen MR) is 156 cm³/mol. The van der Waals surface area contributed by atoms with E-state index in [1.807, 2.05) is 26.0 Å². The van der Waals surface area contributed by atoms with Gasteiger partial charge in [-0.1, -0.05) is 38.1 Å². The van der Waals surface area contributed by atoms with Crippen LogP contribution in [-0.2, 0) is 10.2 Å². The van der Waals surface area contributed by atoms with Gasteiger partial charge >= 0.3 is 0 Å². The molecule has 2 heterocycles. The average molecular weight is 565 g/mol. The molecular formula is C33H39F3N4O. The van der Waals surface area contributed by atoms with E-state index in [0.717, 1.165) is 62.8 Å². The van der Waals surface area contributed by atoms with E-state index in [1.54, 1.807) is 24.3 Å². The molecule has 1 N–H and O–H groups in total. The van der Waals surface area contributed by atoms with E-state index in [2.05, 4.69) is 20.0 Å². The minimum Gasteiger partial charge on any atom is -0.369 e. The highest BCUT2D eigenvalue weighted by Crippen LogP contribution is 2.37. The van der Waals surface area contributed by atoms with Crippen molar-refractivity contribution in [2.45, 2.75) is 38.1 Å². The number of carbonyl (C=O) groups excluding carboxylic acids is 1. The molecule has 8 heteroatoms. The molecule has 3 aromatic rings. The van der Waals surface area contributed by atoms with Crippen molar-refractivity contribution in [3.63, 3.8) is 0 Å². The van der Waals surface area contributed by atoms with Crippen LogP contribution in [0.4, 0.5) is 18.9 Å². The van der Waals surface area contributed by atoms with Crippen LogP contribution >= 0.6 is 0 Å². The van der Waals surface area contributed by atoms with E-state index in [9.17, 15) is 18.0 Å². The first-order valence-corrected chi connectivity index (χ1v) is 14.5. The number of likely N-dealkylation sites (tertiary alicyclic amines) is 1. The number of nitrogens with zero attached hydrogens (tertiary/aromatic N) is 3. The molecule has 5 nitrogen and oxygen atoms in total. The van der Waals surface area contributed by atoms with Crippen molar-refractivity contribution in [1.29, 1.82) is 0 Å². The Labute approximate surface area is 240 Å². The lowest BCUT2D eigenvalue weighted by Crippen LogP contribution is -2.56. The second-order valence-electron chi connectivity index (χ2n) is 11.7. The van der Waals surface area contributed by atoms with Crippen LogP contribution in [0.25, 0.3) is 0 Å². The number of hydrogen-bond acceptors (Lipinski definition) is 4. The third-order valence-electron chi connectivity index (χ3n) is 8.69. The van der Waals surface area contributed by atoms with Gasteiger partial charge in [0.25, 0.3) is 0 Å². The molecular weight excluding hydrogens is 525 g/mol. The van der Waals surface area contributed by atoms with Gasteiger partial charge < -0.3 is 10.2 Å². The van der Waals surface area contributed by atoms with Gasteiger partial charge in [0, 0.05) is 45.0 Å². The molecule has 0 aromatic heterocycles. The fourth-order valence-electron chi connectivity index (χ4n) is 6.16. The number of rotatable bonds is 8. The quantitative estimate of drug-likeness (QED) is 0.379. The number of benzene rings is 3. The van der Waals surface area contributed by atoms with Crippen molar-refractivity contribution in [2.75, 3.05) is 50.8 Å². The van der Waals surface area contributed by atoms with Gasteiger partial charge in [0.1, 0.15) is 17.5 Å². The molecule has 3 aromatic carbocycles. The number of carbonyl (C=O) groups is 1. The molecule has 0 saturated carbocycles. The van der Waals surface area contributed by atoms with Crippen LogP contribution < -0.4 is 10.2 Å². The highest BCUT2D eigenvalue weighted by atomic mass is 19.1. The monoisotopic (exact) mass is 564 g/mol. The summed E-state index contributed by atoms with van der Waals surface area (Å²) in [6, 6.07) is 19.0. The van der Waals surface area contributed by atoms with E-state index >= 15 is 0 Å². The van der Waals surface area contributed by atoms with Crippen LogP contribution in [0.15, 0.2) is 72.8 Å². The van der Waals surface area contributed by atoms with Crippen molar-refractivity contribution >= 4 is 11.6 Å². The predicted octanol–water partition coefficient (Wildman–Crippen LogP) is 5.73. The van der Waals surface area contributed by atoms with Gasteiger partial charge in [0.2, 0.25) is 5.91 Å². The SMILES string of the molecule is CC(C)C(NC(=O)C1(c2ccc(F)cc2)CCN(CN2CCN(c3ccc(F)cc3)CC2)CC1)c1ccc(F)cc1. The maximum atomic E-state index is 14.1. The topological polar surface area (TPSA) is 38.8 Å². The molecule has 1 atom stereocenters. The minimum absolute atomic E-state index is 0.0697. The highest BCUT2D eigenvalue weighted by molar-refractivity contribution is 5.88. The number of nitrogens with one attached hydrogen (secondary N) is 1. The van der Waals surface area contributed by atoms with Crippen LogP contribution in [0.5, 0.6) is 0 Å². The summed E-state index contributed by atoms with van der Waals surface area (Å²) in [4.78, 5) is 21.2. The number of anilines is 1. The van der Waals surface area contributed by atoms with Gasteiger partial charge in [0.05, 0.1) is 18.1 Å². The van der Waals surface area contributed by atoms with Gasteiger partial charge in [-0.15, -0.1) is 0 Å². The summed E-state index contributed by atoms with van der Waals surface area (Å²) in [5.74, 6) is -0.830. The lowest BCUT2D eigenvalue weighted by atomic mass is 9.71. The molecule has 1 unspecified atom stereocenters. The average Bonchev–Trinajstić information content (AvgIpc) is 2.98. The fourth-order valence-corrected chi connectivity index (χ4v) is 6.16. The first kappa shape index (κ1) is 29.1. The zero-order valence-electron chi connectivity index (χ0n) is 23.8. The van der Waals surface area contributed by atoms with Crippen LogP contribution in [0, 0.1) is 23.4 Å². The van der Waals surface area contributed by atoms with Crippen molar-refractivity contribution in [3.05, 3.63) is 101 Å². The largest absolute Gasteiger partial charge is 0.369 e. The van der Waals surface area contributed by atoms with Gasteiger partial charge in [-0.3, -0.25) is 14.6 Å². The van der Waals surface area contributed by atoms with Crippen molar-refractivity contribution in [3.8, 4) is 0 Å². The van der Waals surface area contributed by atoms with Crippen molar-refractivity contribution < 1.29 is 18.0 Å². The van der Waals surface area contributed by atoms with Gasteiger partial charge in [0.15, 0.2) is 0 Å². The Hall–Kier alpha value is -3.36. The summed E-state index contributed by atoms with van der Waals surface area (Å²) >= 11 is 0. The Morgan fingerprint density at radius 1 is 0.732 bits per heavy atom. The Kier molecular flexibility index (Phi) is 9.00. The summed E-state index contributed by atoms with van der Waals surface area (Å²) in [6.45, 7) is 9.95. The third-order valence-corrected chi connectivity index (χ3v) is 8.69. The first-order valence-electron chi connectivity index (χ1n) is 14.5. The zero-order valence-corrected chi connectivity index (χ0v) is 23.8. The van der Waals surface area contributed by atoms with Crippen LogP contribution in [0.3, 0.4) is 0 Å². The number of piperazine rings is 1. The first-order chi connectivity index (χ1) is 19.7. The smallest absolute Gasteiger partial charge is 0.231 e. The molecule has 0 bridgehead atoms. The standard InChI is InChI=1S/C33H39F3N4O/c1-24(2)31(25-3-7-27(34)8-4-25)37-32(41)33(26-5-9-28(35)10-6-26)15-17-38(18-16-33)23-39-19-21-40(22-20-39)30-13-11-29(36)12-14-30/h3-14,24,31H,15-23H2,1-2H3,(H,37,41). The Bertz CT molecular complexity index is 1280. The molecule has 2 saturated heterocycles. The van der Waals surface area contributed by atoms with Gasteiger partial charge in [-0.25, -0.2) is 13.2 Å². The molecule has 2 aliphatic rings. The Morgan fingerprint density at radius 3 is 1.76 bits per heavy atom. The number of piperidine rings is 1. The van der Waals surface area contributed by atoms with Crippen molar-refractivity contribution in [1.82, 2.24) is 15.1 Å². The summed E-state index contributed by atoms with van der Waals surface area (Å²) in [5, 5.41) is 3.28. The maximum Gasteiger partial charge on any atom is 0.231 e. The Balaban J connectivity index is 1.25. The molecule has 0 aliphatic carbocycles. The second kappa shape index (κ2) is 12.7. The highest BCUT2D eigenvalue weighted by Gasteiger charge is 2.44. The Morgan fingerprint density at radius 2 is 1.22 bits per heavy atom. The maximum absolute atomic E-state index is 14.1. The summed E-state index contributed by atoms with van der Waals surface area (Å²) in [5.41, 5.74) is 1.95. The van der Waals surface area contributed by atoms with E-state index in [1.165, 1.54) is 36.4 Å². The molecule has 0 spiro atoms. The van der Waals surface area contributed by atoms with E-state index in [-0.39, 0.29) is 35.3 Å². The lowest BCUT2D eigenvalue weighted by molar-refractivity contribution is -0.130. The van der Waals surface area contributed by atoms with Crippen LogP contribution in [0.1, 0.15) is 43.9 Å². The molecule has 218 valence electrons. The number of hydrogen-bond donors (Lipinski definition) is 1. The molecule has 41 heavy (non-hydrogen) atoms. The van der Waals surface area contributed by atoms with Gasteiger partial charge in [-0.2, -0.15) is 0 Å². The third kappa shape index (κ3) is 6.76. The summed E-state index contributed by atoms with van der Waals surface area (Å²) < 4.78 is 40.8. The molecule has 1 amide bonds. The fraction of sp³-hybridized carbons (Fsp3) is 0.424. The zero-order chi connectivity index (χ0) is 29.0. The normalized spacial score (nSPS) is 18.8. The molecule has 2 aliphatic heterocycles. The summed E-state index contributed by atoms with van der Waals surface area (Å²) in [7, 11) is 0. The number of halogens is 3. The lowest BCUT2D eigenvalue weighted by Gasteiger charge is -2.44. The molecule has 5 rings (SSSR count). The van der Waals surface area contributed by atoms with Crippen LogP contribution in [-0.4, -0.2) is 61.6 Å². The molecule has 0 radical (unpaired) electrons. The minimum atomic E-state index is -0.779. The summed E-state index contributed by atoms with van der Waals surface area (Å²) in [6.07, 6.45) is 1.24. The van der Waals surface area contributed by atoms with E-state index in [4.69, 9.17) is 0 Å². The van der Waals surface area contributed by atoms with E-state index < -0.39 is 5.41 Å². The van der Waals surface area contributed by atoms with Gasteiger partial charge in [-0.05, 0) is 78.4 Å². The second-order valence-corrected chi connectivity index (χ2v) is 11.7. The van der Waals surface area contributed by atoms with E-state index in [0.29, 0.717) is 12.8 Å². The number of amides is 1. The van der Waals surface area contributed by atoms with Crippen molar-refractivity contribution in [2.24, 2.45) is 5.92 Å². The van der Waals surface area contributed by atoms with Crippen LogP contribution in [0.2, 0.25) is 0 Å².